The first-order valence-corrected chi connectivity index (χ1v) is 11.1. The zero-order valence-electron chi connectivity index (χ0n) is 19.8. The Hall–Kier alpha value is -3.06. The third kappa shape index (κ3) is 17.1. The summed E-state index contributed by atoms with van der Waals surface area (Å²) in [5.74, 6) is -2.68. The summed E-state index contributed by atoms with van der Waals surface area (Å²) < 4.78 is 31.7. The molecule has 0 saturated heterocycles. The van der Waals surface area contributed by atoms with Crippen LogP contribution in [0.1, 0.15) is 19.8 Å². The number of Topliss-reactive ketones (excluding diaryl/α,β-unsaturated/α-hetero) is 1. The van der Waals surface area contributed by atoms with E-state index in [1.807, 2.05) is 0 Å². The highest BCUT2D eigenvalue weighted by Crippen LogP contribution is 2.15. The highest BCUT2D eigenvalue weighted by Gasteiger charge is 2.14. The lowest BCUT2D eigenvalue weighted by molar-refractivity contribution is -0.151. The average molecular weight is 500 g/mol. The molecule has 1 aromatic rings. The van der Waals surface area contributed by atoms with Gasteiger partial charge in [0.1, 0.15) is 19.0 Å². The number of esters is 1. The molecule has 0 bridgehead atoms. The summed E-state index contributed by atoms with van der Waals surface area (Å²) in [5.41, 5.74) is 0.709. The highest BCUT2D eigenvalue weighted by molar-refractivity contribution is 6.32. The molecule has 0 unspecified atom stereocenters. The third-order valence-corrected chi connectivity index (χ3v) is 4.07. The molecule has 0 saturated carbocycles. The van der Waals surface area contributed by atoms with Crippen molar-refractivity contribution < 1.29 is 52.7 Å². The van der Waals surface area contributed by atoms with Crippen LogP contribution in [0.15, 0.2) is 24.3 Å². The van der Waals surface area contributed by atoms with Gasteiger partial charge < -0.3 is 38.8 Å². The minimum atomic E-state index is -1.56. The molecule has 0 atom stereocenters. The molecule has 0 aliphatic carbocycles. The Bertz CT molecular complexity index is 767. The molecule has 0 heterocycles. The fraction of sp³-hybridized carbons (Fsp3) is 0.565. The summed E-state index contributed by atoms with van der Waals surface area (Å²) in [5, 5.41) is 11.1. The molecule has 12 nitrogen and oxygen atoms in total. The summed E-state index contributed by atoms with van der Waals surface area (Å²) in [4.78, 5) is 43.5. The Morgan fingerprint density at radius 2 is 1.20 bits per heavy atom. The van der Waals surface area contributed by atoms with E-state index in [1.54, 1.807) is 24.3 Å². The van der Waals surface area contributed by atoms with Crippen molar-refractivity contribution in [2.45, 2.75) is 19.8 Å². The molecule has 0 radical (unpaired) electrons. The Labute approximate surface area is 203 Å². The van der Waals surface area contributed by atoms with E-state index < -0.39 is 17.7 Å². The molecule has 196 valence electrons. The molecular weight excluding hydrogens is 466 g/mol. The fourth-order valence-corrected chi connectivity index (χ4v) is 2.43. The van der Waals surface area contributed by atoms with Gasteiger partial charge in [0.2, 0.25) is 11.7 Å². The van der Waals surface area contributed by atoms with Crippen LogP contribution in [0.4, 0.5) is 5.69 Å². The Morgan fingerprint density at radius 3 is 1.69 bits per heavy atom. The maximum absolute atomic E-state index is 11.3. The largest absolute Gasteiger partial charge is 0.491 e. The van der Waals surface area contributed by atoms with Gasteiger partial charge in [0.25, 0.3) is 0 Å². The van der Waals surface area contributed by atoms with Crippen LogP contribution in [0.3, 0.4) is 0 Å². The van der Waals surface area contributed by atoms with Crippen molar-refractivity contribution in [3.63, 3.8) is 0 Å². The molecule has 1 aromatic carbocycles. The van der Waals surface area contributed by atoms with Crippen LogP contribution in [-0.4, -0.2) is 94.8 Å². The van der Waals surface area contributed by atoms with E-state index in [0.29, 0.717) is 64.3 Å². The van der Waals surface area contributed by atoms with Crippen LogP contribution in [0.5, 0.6) is 5.75 Å². The Kier molecular flexibility index (Phi) is 16.5. The Balaban J connectivity index is 1.81. The van der Waals surface area contributed by atoms with E-state index in [9.17, 15) is 19.2 Å². The lowest BCUT2D eigenvalue weighted by Gasteiger charge is -2.09. The maximum atomic E-state index is 11.3. The molecule has 35 heavy (non-hydrogen) atoms. The molecule has 1 rings (SSSR count). The summed E-state index contributed by atoms with van der Waals surface area (Å²) in [7, 11) is 0. The van der Waals surface area contributed by atoms with Crippen molar-refractivity contribution in [3.05, 3.63) is 24.3 Å². The summed E-state index contributed by atoms with van der Waals surface area (Å²) in [6.45, 7) is 4.77. The molecule has 0 fully saturated rings. The van der Waals surface area contributed by atoms with Gasteiger partial charge >= 0.3 is 11.9 Å². The first-order valence-electron chi connectivity index (χ1n) is 11.1. The van der Waals surface area contributed by atoms with Crippen molar-refractivity contribution in [1.82, 2.24) is 0 Å². The zero-order valence-corrected chi connectivity index (χ0v) is 19.8. The number of carboxylic acid groups (broad SMARTS) is 1. The van der Waals surface area contributed by atoms with Gasteiger partial charge in [-0.15, -0.1) is 0 Å². The number of hydrogen-bond donors (Lipinski definition) is 2. The summed E-state index contributed by atoms with van der Waals surface area (Å²) in [6, 6.07) is 7.06. The van der Waals surface area contributed by atoms with Gasteiger partial charge in [-0.1, -0.05) is 0 Å². The number of ether oxygens (including phenoxy) is 6. The van der Waals surface area contributed by atoms with Crippen molar-refractivity contribution in [3.8, 4) is 5.75 Å². The first kappa shape index (κ1) is 30.0. The number of carbonyl (C=O) groups excluding carboxylic acids is 3. The highest BCUT2D eigenvalue weighted by atomic mass is 16.6. The Morgan fingerprint density at radius 1 is 0.714 bits per heavy atom. The normalized spacial score (nSPS) is 10.5. The van der Waals surface area contributed by atoms with Gasteiger partial charge in [-0.3, -0.25) is 14.4 Å². The number of hydrogen-bond acceptors (Lipinski definition) is 10. The number of rotatable bonds is 21. The van der Waals surface area contributed by atoms with Gasteiger partial charge in [-0.25, -0.2) is 4.79 Å². The van der Waals surface area contributed by atoms with E-state index in [4.69, 9.17) is 33.5 Å². The molecule has 0 aromatic heterocycles. The predicted molar refractivity (Wildman–Crippen MR) is 122 cm³/mol. The SMILES string of the molecule is CC(=O)Nc1ccc(OCCOCCOCCOCCOCCOC(=O)CCC(=O)C(=O)O)cc1. The van der Waals surface area contributed by atoms with Crippen molar-refractivity contribution >= 4 is 29.3 Å². The standard InChI is InChI=1S/C23H33NO11/c1-18(25)24-19-2-4-20(5-3-19)34-16-14-32-12-10-30-8-9-31-11-13-33-15-17-35-22(27)7-6-21(26)23(28)29/h2-5H,6-17H2,1H3,(H,24,25)(H,28,29). The lowest BCUT2D eigenvalue weighted by Crippen LogP contribution is -2.17. The van der Waals surface area contributed by atoms with Gasteiger partial charge in [-0.2, -0.15) is 0 Å². The molecule has 0 spiro atoms. The number of benzene rings is 1. The molecule has 0 aliphatic rings. The lowest BCUT2D eigenvalue weighted by atomic mass is 10.2. The predicted octanol–water partition coefficient (Wildman–Crippen LogP) is 1.07. The van der Waals surface area contributed by atoms with Gasteiger partial charge in [0, 0.05) is 19.0 Å². The van der Waals surface area contributed by atoms with Crippen LogP contribution in [0.25, 0.3) is 0 Å². The third-order valence-electron chi connectivity index (χ3n) is 4.07. The second kappa shape index (κ2) is 19.3. The van der Waals surface area contributed by atoms with Crippen LogP contribution in [-0.2, 0) is 42.9 Å². The fourth-order valence-electron chi connectivity index (χ4n) is 2.43. The quantitative estimate of drug-likeness (QED) is 0.142. The van der Waals surface area contributed by atoms with E-state index >= 15 is 0 Å². The van der Waals surface area contributed by atoms with E-state index in [-0.39, 0.29) is 32.0 Å². The second-order valence-electron chi connectivity index (χ2n) is 6.95. The molecule has 2 N–H and O–H groups in total. The van der Waals surface area contributed by atoms with E-state index in [1.165, 1.54) is 6.92 Å². The number of anilines is 1. The van der Waals surface area contributed by atoms with Crippen LogP contribution in [0.2, 0.25) is 0 Å². The minimum absolute atomic E-state index is 0.0130. The maximum Gasteiger partial charge on any atom is 0.372 e. The minimum Gasteiger partial charge on any atom is -0.491 e. The first-order chi connectivity index (χ1) is 16.9. The molecule has 1 amide bonds. The van der Waals surface area contributed by atoms with Crippen LogP contribution in [0, 0.1) is 0 Å². The monoisotopic (exact) mass is 499 g/mol. The number of carbonyl (C=O) groups is 4. The number of nitrogens with one attached hydrogen (secondary N) is 1. The van der Waals surface area contributed by atoms with Gasteiger partial charge in [-0.05, 0) is 24.3 Å². The summed E-state index contributed by atoms with van der Waals surface area (Å²) >= 11 is 0. The number of aliphatic carboxylic acids is 1. The summed E-state index contributed by atoms with van der Waals surface area (Å²) in [6.07, 6.45) is -0.660. The number of ketones is 1. The molecular formula is C23H33NO11. The van der Waals surface area contributed by atoms with E-state index in [0.717, 1.165) is 0 Å². The van der Waals surface area contributed by atoms with Crippen LogP contribution >= 0.6 is 0 Å². The smallest absolute Gasteiger partial charge is 0.372 e. The van der Waals surface area contributed by atoms with Gasteiger partial charge in [0.15, 0.2) is 0 Å². The van der Waals surface area contributed by atoms with Gasteiger partial charge in [0.05, 0.1) is 59.3 Å². The average Bonchev–Trinajstić information content (AvgIpc) is 2.82. The van der Waals surface area contributed by atoms with Crippen molar-refractivity contribution in [1.29, 1.82) is 0 Å². The topological polar surface area (TPSA) is 156 Å². The molecule has 12 heteroatoms. The second-order valence-corrected chi connectivity index (χ2v) is 6.95. The zero-order chi connectivity index (χ0) is 25.7. The van der Waals surface area contributed by atoms with Crippen molar-refractivity contribution in [2.24, 2.45) is 0 Å². The number of carboxylic acids is 1. The van der Waals surface area contributed by atoms with Crippen molar-refractivity contribution in [2.75, 3.05) is 71.4 Å². The molecule has 0 aliphatic heterocycles. The number of amides is 1. The van der Waals surface area contributed by atoms with E-state index in [2.05, 4.69) is 5.32 Å². The van der Waals surface area contributed by atoms with Crippen LogP contribution < -0.4 is 10.1 Å².